The van der Waals surface area contributed by atoms with E-state index < -0.39 is 86.9 Å². The molecule has 1 aliphatic heterocycles. The molecule has 1 saturated carbocycles. The number of ether oxygens (including phenoxy) is 2. The van der Waals surface area contributed by atoms with Gasteiger partial charge in [-0.3, -0.25) is 9.59 Å². The van der Waals surface area contributed by atoms with E-state index in [-0.39, 0.29) is 18.4 Å². The zero-order valence-corrected chi connectivity index (χ0v) is 18.6. The van der Waals surface area contributed by atoms with E-state index in [0.29, 0.717) is 6.08 Å². The minimum atomic E-state index is -4.36. The second kappa shape index (κ2) is 12.0. The molecule has 0 radical (unpaired) electrons. The monoisotopic (exact) mass is 489 g/mol. The predicted octanol–water partition coefficient (Wildman–Crippen LogP) is 6.32. The van der Waals surface area contributed by atoms with Crippen molar-refractivity contribution in [3.05, 3.63) is 72.3 Å². The topological polar surface area (TPSA) is 69.7 Å². The fourth-order valence-corrected chi connectivity index (χ4v) is 4.35. The van der Waals surface area contributed by atoms with Crippen molar-refractivity contribution in [2.45, 2.75) is 70.1 Å². The fourth-order valence-electron chi connectivity index (χ4n) is 4.35. The normalized spacial score (nSPS) is 32.5. The molecular weight excluding hydrogens is 440 g/mol. The van der Waals surface area contributed by atoms with Crippen molar-refractivity contribution in [3.63, 3.8) is 0 Å². The molecule has 0 spiro atoms. The summed E-state index contributed by atoms with van der Waals surface area (Å²) in [7, 11) is 0. The zero-order chi connectivity index (χ0) is 37.9. The standard InChI is InChI=1S/C30H34O5/c1-2-3-4-5-9-12-24(31)17-18-25-26-19-29(32)34-28(26)20-27(25)35-30(33)23-15-13-22(14-16-23)21-10-7-6-8-11-21/h6-8,10-11,13-18,25-28H,2-5,9,12,19-20H2,1H3/b18-17+/t25-,26-,27-,28+/m0/s1/i1D3,2D2,3D2,4D2,5D2,9D2,12D2. The lowest BCUT2D eigenvalue weighted by molar-refractivity contribution is -0.141. The Hall–Kier alpha value is -3.21. The number of benzene rings is 2. The van der Waals surface area contributed by atoms with E-state index in [2.05, 4.69) is 0 Å². The van der Waals surface area contributed by atoms with Gasteiger partial charge in [0, 0.05) is 45.2 Å². The van der Waals surface area contributed by atoms with E-state index >= 15 is 0 Å². The van der Waals surface area contributed by atoms with Crippen molar-refractivity contribution in [2.24, 2.45) is 11.8 Å². The van der Waals surface area contributed by atoms with E-state index in [9.17, 15) is 14.4 Å². The largest absolute Gasteiger partial charge is 0.462 e. The van der Waals surface area contributed by atoms with Crippen molar-refractivity contribution >= 4 is 17.7 Å². The van der Waals surface area contributed by atoms with Crippen LogP contribution >= 0.6 is 0 Å². The molecule has 1 heterocycles. The maximum atomic E-state index is 13.2. The first-order valence-corrected chi connectivity index (χ1v) is 11.0. The lowest BCUT2D eigenvalue weighted by Crippen LogP contribution is -2.25. The van der Waals surface area contributed by atoms with Gasteiger partial charge in [-0.05, 0) is 35.7 Å². The van der Waals surface area contributed by atoms with Gasteiger partial charge in [-0.1, -0.05) is 80.9 Å². The van der Waals surface area contributed by atoms with Crippen LogP contribution in [-0.4, -0.2) is 29.9 Å². The third-order valence-corrected chi connectivity index (χ3v) is 5.94. The van der Waals surface area contributed by atoms with Crippen LogP contribution in [0.3, 0.4) is 0 Å². The molecule has 35 heavy (non-hydrogen) atoms. The molecule has 0 aromatic heterocycles. The summed E-state index contributed by atoms with van der Waals surface area (Å²) < 4.78 is 130. The summed E-state index contributed by atoms with van der Waals surface area (Å²) in [5.41, 5.74) is 1.93. The molecule has 0 N–H and O–H groups in total. The van der Waals surface area contributed by atoms with Gasteiger partial charge in [-0.2, -0.15) is 0 Å². The average Bonchev–Trinajstić information content (AvgIpc) is 3.54. The summed E-state index contributed by atoms with van der Waals surface area (Å²) in [4.78, 5) is 38.4. The number of carbonyl (C=O) groups excluding carboxylic acids is 3. The predicted molar refractivity (Wildman–Crippen MR) is 135 cm³/mol. The van der Waals surface area contributed by atoms with E-state index in [1.54, 1.807) is 24.3 Å². The van der Waals surface area contributed by atoms with Crippen LogP contribution in [0.2, 0.25) is 0 Å². The van der Waals surface area contributed by atoms with Gasteiger partial charge in [0.25, 0.3) is 0 Å². The Bertz CT molecular complexity index is 1640. The Morgan fingerprint density at radius 3 is 2.57 bits per heavy atom. The van der Waals surface area contributed by atoms with Gasteiger partial charge in [-0.15, -0.1) is 0 Å². The number of ketones is 1. The molecule has 2 aromatic carbocycles. The first-order valence-electron chi connectivity index (χ1n) is 18.5. The molecule has 5 heteroatoms. The quantitative estimate of drug-likeness (QED) is 0.273. The van der Waals surface area contributed by atoms with Crippen LogP contribution in [0.1, 0.15) is 88.9 Å². The number of hydrogen-bond donors (Lipinski definition) is 0. The molecule has 0 bridgehead atoms. The number of fused-ring (bicyclic) bond motifs is 1. The molecule has 0 amide bonds. The molecular formula is C30H34O5. The van der Waals surface area contributed by atoms with Crippen LogP contribution in [0.25, 0.3) is 11.1 Å². The Morgan fingerprint density at radius 2 is 1.80 bits per heavy atom. The van der Waals surface area contributed by atoms with Crippen LogP contribution < -0.4 is 0 Å². The molecule has 5 nitrogen and oxygen atoms in total. The first kappa shape index (κ1) is 12.2. The Balaban J connectivity index is 1.58. The Labute approximate surface area is 228 Å². The van der Waals surface area contributed by atoms with Gasteiger partial charge in [0.1, 0.15) is 12.2 Å². The maximum Gasteiger partial charge on any atom is 0.338 e. The van der Waals surface area contributed by atoms with Crippen LogP contribution in [0.5, 0.6) is 0 Å². The fraction of sp³-hybridized carbons (Fsp3) is 0.433. The lowest BCUT2D eigenvalue weighted by atomic mass is 9.91. The first-order chi connectivity index (χ1) is 22.7. The Morgan fingerprint density at radius 1 is 1.06 bits per heavy atom. The summed E-state index contributed by atoms with van der Waals surface area (Å²) in [5.74, 6) is -4.65. The minimum Gasteiger partial charge on any atom is -0.462 e. The van der Waals surface area contributed by atoms with Crippen LogP contribution in [-0.2, 0) is 19.1 Å². The van der Waals surface area contributed by atoms with Crippen molar-refractivity contribution in [2.75, 3.05) is 0 Å². The number of carbonyl (C=O) groups is 3. The minimum absolute atomic E-state index is 0.0183. The Kier molecular flexibility index (Phi) is 4.16. The van der Waals surface area contributed by atoms with E-state index in [4.69, 9.17) is 30.0 Å². The maximum absolute atomic E-state index is 13.2. The van der Waals surface area contributed by atoms with Crippen molar-refractivity contribution < 1.29 is 44.4 Å². The zero-order valence-electron chi connectivity index (χ0n) is 33.6. The average molecular weight is 490 g/mol. The number of rotatable bonds is 11. The van der Waals surface area contributed by atoms with Crippen molar-refractivity contribution in [3.8, 4) is 11.1 Å². The summed E-state index contributed by atoms with van der Waals surface area (Å²) in [6.45, 7) is -3.85. The number of hydrogen-bond acceptors (Lipinski definition) is 5. The highest BCUT2D eigenvalue weighted by Crippen LogP contribution is 2.43. The molecule has 4 atom stereocenters. The summed E-state index contributed by atoms with van der Waals surface area (Å²) in [6.07, 6.45) is -25.5. The smallest absolute Gasteiger partial charge is 0.338 e. The highest BCUT2D eigenvalue weighted by Gasteiger charge is 2.50. The van der Waals surface area contributed by atoms with Gasteiger partial charge >= 0.3 is 11.9 Å². The SMILES string of the molecule is [2H]C([2H])([2H])C([2H])([2H])C([2H])([2H])C([2H])([2H])C([2H])([2H])C([2H])([2H])C([2H])([2H])C(=O)/C=C/[C@H]1[C@@H]2CC(=O)O[C@@H]2C[C@@H]1OC(=O)c1ccc(-c2ccccc2)cc1. The summed E-state index contributed by atoms with van der Waals surface area (Å²) in [6, 6.07) is 15.9. The molecule has 184 valence electrons. The third kappa shape index (κ3) is 6.47. The lowest BCUT2D eigenvalue weighted by Gasteiger charge is -2.20. The molecule has 2 fully saturated rings. The highest BCUT2D eigenvalue weighted by molar-refractivity contribution is 5.91. The third-order valence-electron chi connectivity index (χ3n) is 5.94. The number of allylic oxidation sites excluding steroid dienone is 1. The van der Waals surface area contributed by atoms with Gasteiger partial charge in [0.2, 0.25) is 0 Å². The molecule has 1 saturated heterocycles. The molecule has 1 aliphatic carbocycles. The van der Waals surface area contributed by atoms with E-state index in [1.165, 1.54) is 0 Å². The van der Waals surface area contributed by atoms with Gasteiger partial charge in [0.15, 0.2) is 5.78 Å². The highest BCUT2D eigenvalue weighted by atomic mass is 16.6. The molecule has 4 rings (SSSR count). The van der Waals surface area contributed by atoms with Gasteiger partial charge in [0.05, 0.1) is 12.0 Å². The summed E-state index contributed by atoms with van der Waals surface area (Å²) in [5, 5.41) is 0. The van der Waals surface area contributed by atoms with E-state index in [1.807, 2.05) is 30.3 Å². The molecule has 2 aromatic rings. The summed E-state index contributed by atoms with van der Waals surface area (Å²) >= 11 is 0. The van der Waals surface area contributed by atoms with Crippen LogP contribution in [0.4, 0.5) is 0 Å². The van der Waals surface area contributed by atoms with Gasteiger partial charge < -0.3 is 9.47 Å². The van der Waals surface area contributed by atoms with E-state index in [0.717, 1.165) is 17.2 Å². The molecule has 2 aliphatic rings. The van der Waals surface area contributed by atoms with Crippen molar-refractivity contribution in [1.29, 1.82) is 0 Å². The van der Waals surface area contributed by atoms with Crippen LogP contribution in [0.15, 0.2) is 66.7 Å². The van der Waals surface area contributed by atoms with Crippen LogP contribution in [0, 0.1) is 11.8 Å². The second-order valence-corrected chi connectivity index (χ2v) is 8.07. The second-order valence-electron chi connectivity index (χ2n) is 8.07. The molecule has 0 unspecified atom stereocenters. The number of esters is 2. The van der Waals surface area contributed by atoms with Gasteiger partial charge in [-0.25, -0.2) is 4.79 Å². The van der Waals surface area contributed by atoms with Crippen molar-refractivity contribution in [1.82, 2.24) is 0 Å².